The van der Waals surface area contributed by atoms with Crippen molar-refractivity contribution in [1.82, 2.24) is 5.32 Å². The number of hydrogen-bond donors (Lipinski definition) is 1. The molecule has 1 heterocycles. The minimum Gasteiger partial charge on any atom is -0.377 e. The summed E-state index contributed by atoms with van der Waals surface area (Å²) in [6, 6.07) is 8.24. The molecular weight excluding hydrogens is 234 g/mol. The molecule has 1 aromatic carbocycles. The second kappa shape index (κ2) is 5.23. The maximum absolute atomic E-state index is 11.0. The van der Waals surface area contributed by atoms with Crippen molar-refractivity contribution in [1.29, 1.82) is 0 Å². The van der Waals surface area contributed by atoms with Crippen molar-refractivity contribution < 1.29 is 4.79 Å². The summed E-state index contributed by atoms with van der Waals surface area (Å²) in [5.74, 6) is 0.724. The Kier molecular flexibility index (Phi) is 3.68. The normalized spacial score (nSPS) is 14.5. The highest BCUT2D eigenvalue weighted by Crippen LogP contribution is 2.23. The van der Waals surface area contributed by atoms with Crippen LogP contribution in [-0.4, -0.2) is 31.7 Å². The molecule has 1 aliphatic rings. The summed E-state index contributed by atoms with van der Waals surface area (Å²) in [4.78, 5) is 17.0. The highest BCUT2D eigenvalue weighted by molar-refractivity contribution is 8.13. The summed E-state index contributed by atoms with van der Waals surface area (Å²) in [5, 5.41) is 3.70. The molecule has 17 heavy (non-hydrogen) atoms. The van der Waals surface area contributed by atoms with Gasteiger partial charge in [-0.05, 0) is 11.6 Å². The summed E-state index contributed by atoms with van der Waals surface area (Å²) >= 11 is 1.56. The van der Waals surface area contributed by atoms with Gasteiger partial charge in [0.1, 0.15) is 0 Å². The molecule has 5 heteroatoms. The largest absolute Gasteiger partial charge is 0.377 e. The van der Waals surface area contributed by atoms with Crippen molar-refractivity contribution in [2.75, 3.05) is 25.5 Å². The molecular formula is C12H15N3OS. The van der Waals surface area contributed by atoms with E-state index >= 15 is 0 Å². The predicted molar refractivity (Wildman–Crippen MR) is 72.5 cm³/mol. The van der Waals surface area contributed by atoms with E-state index in [2.05, 4.69) is 27.3 Å². The van der Waals surface area contributed by atoms with Crippen LogP contribution < -0.4 is 10.2 Å². The number of aliphatic imine (C=N–C) groups is 1. The first-order valence-corrected chi connectivity index (χ1v) is 6.39. The lowest BCUT2D eigenvalue weighted by Gasteiger charge is -2.16. The Labute approximate surface area is 105 Å². The van der Waals surface area contributed by atoms with Crippen LogP contribution >= 0.6 is 11.8 Å². The number of nitrogens with zero attached hydrogens (tertiary/aromatic N) is 2. The zero-order valence-electron chi connectivity index (χ0n) is 9.93. The average molecular weight is 249 g/mol. The van der Waals surface area contributed by atoms with Crippen LogP contribution in [0, 0.1) is 0 Å². The van der Waals surface area contributed by atoms with Crippen molar-refractivity contribution in [3.05, 3.63) is 29.8 Å². The molecule has 1 aromatic rings. The smallest absolute Gasteiger partial charge is 0.267 e. The predicted octanol–water partition coefficient (Wildman–Crippen LogP) is 1.47. The lowest BCUT2D eigenvalue weighted by molar-refractivity contribution is -0.116. The molecule has 1 amide bonds. The molecule has 0 aromatic heterocycles. The van der Waals surface area contributed by atoms with Gasteiger partial charge in [-0.3, -0.25) is 4.79 Å². The molecule has 0 saturated heterocycles. The number of rotatable bonds is 3. The second-order valence-corrected chi connectivity index (χ2v) is 4.94. The number of anilines is 1. The Balaban J connectivity index is 2.04. The first-order chi connectivity index (χ1) is 8.16. The number of amides is 1. The van der Waals surface area contributed by atoms with E-state index in [1.807, 2.05) is 26.2 Å². The molecule has 0 bridgehead atoms. The average Bonchev–Trinajstić information content (AvgIpc) is 2.73. The Morgan fingerprint density at radius 3 is 2.82 bits per heavy atom. The van der Waals surface area contributed by atoms with Gasteiger partial charge in [-0.2, -0.15) is 4.99 Å². The molecule has 0 saturated carbocycles. The van der Waals surface area contributed by atoms with E-state index < -0.39 is 0 Å². The van der Waals surface area contributed by atoms with E-state index in [1.165, 1.54) is 11.3 Å². The molecule has 0 unspecified atom stereocenters. The van der Waals surface area contributed by atoms with Crippen LogP contribution in [0.2, 0.25) is 0 Å². The number of nitrogens with one attached hydrogen (secondary N) is 1. The van der Waals surface area contributed by atoms with Crippen molar-refractivity contribution in [2.45, 2.75) is 5.75 Å². The fraction of sp³-hybridized carbons (Fsp3) is 0.333. The number of benzene rings is 1. The summed E-state index contributed by atoms with van der Waals surface area (Å²) in [6.45, 7) is 0.331. The minimum absolute atomic E-state index is 0.0894. The fourth-order valence-electron chi connectivity index (χ4n) is 1.64. The van der Waals surface area contributed by atoms with Gasteiger partial charge in [-0.25, -0.2) is 0 Å². The minimum atomic E-state index is -0.0894. The van der Waals surface area contributed by atoms with Gasteiger partial charge in [0.15, 0.2) is 5.17 Å². The van der Waals surface area contributed by atoms with Gasteiger partial charge in [-0.1, -0.05) is 30.0 Å². The summed E-state index contributed by atoms with van der Waals surface area (Å²) in [5.41, 5.74) is 2.44. The Bertz CT molecular complexity index is 457. The van der Waals surface area contributed by atoms with Crippen LogP contribution in [0.25, 0.3) is 0 Å². The fourth-order valence-corrected chi connectivity index (χ4v) is 2.52. The van der Waals surface area contributed by atoms with Gasteiger partial charge < -0.3 is 10.2 Å². The van der Waals surface area contributed by atoms with Crippen LogP contribution in [0.3, 0.4) is 0 Å². The van der Waals surface area contributed by atoms with Crippen molar-refractivity contribution in [3.63, 3.8) is 0 Å². The molecule has 2 rings (SSSR count). The van der Waals surface area contributed by atoms with Crippen LogP contribution in [0.15, 0.2) is 29.3 Å². The van der Waals surface area contributed by atoms with E-state index in [9.17, 15) is 4.79 Å². The zero-order valence-corrected chi connectivity index (χ0v) is 10.8. The van der Waals surface area contributed by atoms with Crippen LogP contribution in [0.4, 0.5) is 5.69 Å². The highest BCUT2D eigenvalue weighted by atomic mass is 32.2. The van der Waals surface area contributed by atoms with Gasteiger partial charge in [0.25, 0.3) is 5.91 Å². The molecule has 0 atom stereocenters. The highest BCUT2D eigenvalue weighted by Gasteiger charge is 2.13. The first-order valence-electron chi connectivity index (χ1n) is 5.40. The maximum atomic E-state index is 11.0. The number of carbonyl (C=O) groups is 1. The number of thioether (sulfide) groups is 1. The molecule has 90 valence electrons. The zero-order chi connectivity index (χ0) is 12.3. The van der Waals surface area contributed by atoms with Gasteiger partial charge >= 0.3 is 0 Å². The lowest BCUT2D eigenvalue weighted by Crippen LogP contribution is -2.17. The van der Waals surface area contributed by atoms with E-state index in [0.29, 0.717) is 6.54 Å². The quantitative estimate of drug-likeness (QED) is 0.881. The third-order valence-corrected chi connectivity index (χ3v) is 3.42. The Hall–Kier alpha value is -1.49. The second-order valence-electron chi connectivity index (χ2n) is 3.98. The van der Waals surface area contributed by atoms with Gasteiger partial charge in [0, 0.05) is 25.5 Å². The SMILES string of the molecule is CN(C)c1ccccc1CSC1=NC(=O)CN1. The molecule has 0 aliphatic carbocycles. The van der Waals surface area contributed by atoms with Crippen LogP contribution in [0.1, 0.15) is 5.56 Å². The summed E-state index contributed by atoms with van der Waals surface area (Å²) < 4.78 is 0. The van der Waals surface area contributed by atoms with E-state index in [1.54, 1.807) is 11.8 Å². The number of carbonyl (C=O) groups excluding carboxylic acids is 1. The summed E-state index contributed by atoms with van der Waals surface area (Å²) in [6.07, 6.45) is 0. The third-order valence-electron chi connectivity index (χ3n) is 2.45. The van der Waals surface area contributed by atoms with Crippen molar-refractivity contribution in [3.8, 4) is 0 Å². The Morgan fingerprint density at radius 2 is 2.18 bits per heavy atom. The van der Waals surface area contributed by atoms with E-state index in [-0.39, 0.29) is 5.91 Å². The molecule has 0 radical (unpaired) electrons. The van der Waals surface area contributed by atoms with E-state index in [0.717, 1.165) is 10.9 Å². The number of para-hydroxylation sites is 1. The molecule has 0 fully saturated rings. The van der Waals surface area contributed by atoms with Gasteiger partial charge in [0.2, 0.25) is 0 Å². The topological polar surface area (TPSA) is 44.7 Å². The molecule has 1 N–H and O–H groups in total. The summed E-state index contributed by atoms with van der Waals surface area (Å²) in [7, 11) is 4.05. The maximum Gasteiger partial charge on any atom is 0.267 e. The number of amidine groups is 1. The van der Waals surface area contributed by atoms with E-state index in [4.69, 9.17) is 0 Å². The first kappa shape index (κ1) is 12.0. The van der Waals surface area contributed by atoms with Gasteiger partial charge in [-0.15, -0.1) is 0 Å². The number of hydrogen-bond acceptors (Lipinski definition) is 4. The third kappa shape index (κ3) is 3.00. The standard InChI is InChI=1S/C12H15N3OS/c1-15(2)10-6-4-3-5-9(10)8-17-12-13-7-11(16)14-12/h3-6H,7-8H2,1-2H3,(H,13,14,16). The molecule has 1 aliphatic heterocycles. The van der Waals surface area contributed by atoms with Crippen molar-refractivity contribution in [2.24, 2.45) is 4.99 Å². The molecule has 0 spiro atoms. The van der Waals surface area contributed by atoms with Crippen molar-refractivity contribution >= 4 is 28.5 Å². The van der Waals surface area contributed by atoms with Crippen LogP contribution in [-0.2, 0) is 10.5 Å². The lowest BCUT2D eigenvalue weighted by atomic mass is 10.2. The molecule has 4 nitrogen and oxygen atoms in total. The van der Waals surface area contributed by atoms with Gasteiger partial charge in [0.05, 0.1) is 6.54 Å². The monoisotopic (exact) mass is 249 g/mol. The Morgan fingerprint density at radius 1 is 1.41 bits per heavy atom. The van der Waals surface area contributed by atoms with Crippen LogP contribution in [0.5, 0.6) is 0 Å².